The Balaban J connectivity index is 1.79. The van der Waals surface area contributed by atoms with Crippen LogP contribution in [0.1, 0.15) is 56.1 Å². The second kappa shape index (κ2) is 4.43. The van der Waals surface area contributed by atoms with Crippen molar-refractivity contribution < 1.29 is 9.53 Å². The molecule has 5 nitrogen and oxygen atoms in total. The highest BCUT2D eigenvalue weighted by Gasteiger charge is 2.41. The highest BCUT2D eigenvalue weighted by Crippen LogP contribution is 2.44. The molecule has 1 aromatic heterocycles. The first kappa shape index (κ1) is 13.3. The minimum atomic E-state index is -0.448. The van der Waals surface area contributed by atoms with Crippen molar-refractivity contribution in [2.75, 3.05) is 13.1 Å². The van der Waals surface area contributed by atoms with Gasteiger partial charge in [0.1, 0.15) is 11.4 Å². The second-order valence-corrected chi connectivity index (χ2v) is 6.77. The largest absolute Gasteiger partial charge is 0.444 e. The van der Waals surface area contributed by atoms with E-state index < -0.39 is 5.60 Å². The third kappa shape index (κ3) is 2.37. The summed E-state index contributed by atoms with van der Waals surface area (Å²) in [6, 6.07) is 0. The van der Waals surface area contributed by atoms with Crippen LogP contribution in [0, 0.1) is 6.92 Å². The maximum Gasteiger partial charge on any atom is 0.410 e. The zero-order valence-corrected chi connectivity index (χ0v) is 12.5. The maximum absolute atomic E-state index is 12.2. The highest BCUT2D eigenvalue weighted by atomic mass is 16.6. The van der Waals surface area contributed by atoms with Gasteiger partial charge < -0.3 is 9.64 Å². The number of piperidine rings is 1. The topological polar surface area (TPSA) is 55.3 Å². The summed E-state index contributed by atoms with van der Waals surface area (Å²) in [6.45, 7) is 9.01. The molecular formula is C15H21N3O2. The fraction of sp³-hybridized carbons (Fsp3) is 0.667. The quantitative estimate of drug-likeness (QED) is 0.730. The molecule has 1 saturated heterocycles. The van der Waals surface area contributed by atoms with Crippen LogP contribution >= 0.6 is 0 Å². The van der Waals surface area contributed by atoms with E-state index in [1.807, 2.05) is 38.8 Å². The first-order valence-electron chi connectivity index (χ1n) is 7.15. The Kier molecular flexibility index (Phi) is 2.96. The van der Waals surface area contributed by atoms with E-state index in [9.17, 15) is 4.79 Å². The van der Waals surface area contributed by atoms with Gasteiger partial charge in [-0.05, 0) is 39.7 Å². The molecule has 3 rings (SSSR count). The standard InChI is InChI=1S/C15H21N3O2/c1-9-16-6-12-10-5-11(13(12)17-9)8-18(7-10)14(19)20-15(2,3)4/h6,10-11H,5,7-8H2,1-4H3. The molecule has 1 amide bonds. The van der Waals surface area contributed by atoms with Crippen LogP contribution in [0.2, 0.25) is 0 Å². The van der Waals surface area contributed by atoms with Crippen molar-refractivity contribution in [2.45, 2.75) is 51.6 Å². The van der Waals surface area contributed by atoms with Gasteiger partial charge in [0.25, 0.3) is 0 Å². The van der Waals surface area contributed by atoms with Gasteiger partial charge in [-0.25, -0.2) is 14.8 Å². The van der Waals surface area contributed by atoms with Gasteiger partial charge in [0.05, 0.1) is 5.69 Å². The third-order valence-corrected chi connectivity index (χ3v) is 3.90. The molecule has 2 heterocycles. The van der Waals surface area contributed by atoms with Gasteiger partial charge in [-0.2, -0.15) is 0 Å². The number of hydrogen-bond acceptors (Lipinski definition) is 4. The Morgan fingerprint density at radius 3 is 2.75 bits per heavy atom. The number of carbonyl (C=O) groups excluding carboxylic acids is 1. The predicted molar refractivity (Wildman–Crippen MR) is 74.7 cm³/mol. The lowest BCUT2D eigenvalue weighted by atomic mass is 9.97. The summed E-state index contributed by atoms with van der Waals surface area (Å²) in [7, 11) is 0. The van der Waals surface area contributed by atoms with Crippen LogP contribution in [0.5, 0.6) is 0 Å². The van der Waals surface area contributed by atoms with Gasteiger partial charge in [0, 0.05) is 31.1 Å². The van der Waals surface area contributed by atoms with E-state index >= 15 is 0 Å². The van der Waals surface area contributed by atoms with E-state index in [1.54, 1.807) is 0 Å². The summed E-state index contributed by atoms with van der Waals surface area (Å²) in [5, 5.41) is 0. The molecule has 0 spiro atoms. The number of likely N-dealkylation sites (tertiary alicyclic amines) is 1. The summed E-state index contributed by atoms with van der Waals surface area (Å²) < 4.78 is 5.48. The first-order valence-corrected chi connectivity index (χ1v) is 7.15. The van der Waals surface area contributed by atoms with Crippen LogP contribution in [-0.2, 0) is 4.74 Å². The van der Waals surface area contributed by atoms with Gasteiger partial charge in [-0.1, -0.05) is 0 Å². The van der Waals surface area contributed by atoms with E-state index in [4.69, 9.17) is 4.74 Å². The first-order chi connectivity index (χ1) is 9.33. The molecule has 0 N–H and O–H groups in total. The average Bonchev–Trinajstić information content (AvgIpc) is 2.58. The lowest BCUT2D eigenvalue weighted by molar-refractivity contribution is 0.0192. The van der Waals surface area contributed by atoms with Crippen LogP contribution in [0.25, 0.3) is 0 Å². The second-order valence-electron chi connectivity index (χ2n) is 6.77. The molecule has 2 bridgehead atoms. The van der Waals surface area contributed by atoms with Crippen molar-refractivity contribution in [2.24, 2.45) is 0 Å². The molecule has 5 heteroatoms. The Bertz CT molecular complexity index is 551. The van der Waals surface area contributed by atoms with Gasteiger partial charge in [0.15, 0.2) is 0 Å². The summed E-state index contributed by atoms with van der Waals surface area (Å²) in [4.78, 5) is 22.9. The minimum Gasteiger partial charge on any atom is -0.444 e. The van der Waals surface area contributed by atoms with E-state index in [0.717, 1.165) is 17.9 Å². The van der Waals surface area contributed by atoms with Crippen LogP contribution in [-0.4, -0.2) is 39.7 Å². The number of ether oxygens (including phenoxy) is 1. The fourth-order valence-electron chi connectivity index (χ4n) is 3.14. The summed E-state index contributed by atoms with van der Waals surface area (Å²) in [6.07, 6.45) is 2.79. The van der Waals surface area contributed by atoms with Gasteiger partial charge in [-0.15, -0.1) is 0 Å². The summed E-state index contributed by atoms with van der Waals surface area (Å²) >= 11 is 0. The Morgan fingerprint density at radius 2 is 2.05 bits per heavy atom. The van der Waals surface area contributed by atoms with E-state index in [2.05, 4.69) is 9.97 Å². The van der Waals surface area contributed by atoms with Crippen LogP contribution in [0.4, 0.5) is 4.79 Å². The number of carbonyl (C=O) groups is 1. The van der Waals surface area contributed by atoms with Crippen molar-refractivity contribution >= 4 is 6.09 Å². The molecule has 2 aliphatic rings. The molecule has 1 aromatic rings. The minimum absolute atomic E-state index is 0.218. The number of aryl methyl sites for hydroxylation is 1. The molecular weight excluding hydrogens is 254 g/mol. The van der Waals surface area contributed by atoms with E-state index in [1.165, 1.54) is 5.56 Å². The number of hydrogen-bond donors (Lipinski definition) is 0. The molecule has 0 radical (unpaired) electrons. The number of fused-ring (bicyclic) bond motifs is 5. The molecule has 1 fully saturated rings. The molecule has 20 heavy (non-hydrogen) atoms. The number of aromatic nitrogens is 2. The zero-order valence-electron chi connectivity index (χ0n) is 12.5. The zero-order chi connectivity index (χ0) is 14.5. The van der Waals surface area contributed by atoms with Gasteiger partial charge in [-0.3, -0.25) is 0 Å². The monoisotopic (exact) mass is 275 g/mol. The van der Waals surface area contributed by atoms with Gasteiger partial charge in [0.2, 0.25) is 0 Å². The average molecular weight is 275 g/mol. The molecule has 0 saturated carbocycles. The molecule has 1 aliphatic carbocycles. The normalized spacial score (nSPS) is 24.5. The van der Waals surface area contributed by atoms with Crippen LogP contribution in [0.3, 0.4) is 0 Å². The van der Waals surface area contributed by atoms with Crippen molar-refractivity contribution in [3.05, 3.63) is 23.3 Å². The van der Waals surface area contributed by atoms with Crippen molar-refractivity contribution in [3.63, 3.8) is 0 Å². The van der Waals surface area contributed by atoms with Gasteiger partial charge >= 0.3 is 6.09 Å². The van der Waals surface area contributed by atoms with Crippen molar-refractivity contribution in [1.29, 1.82) is 0 Å². The number of nitrogens with zero attached hydrogens (tertiary/aromatic N) is 3. The molecule has 1 aliphatic heterocycles. The Hall–Kier alpha value is -1.65. The van der Waals surface area contributed by atoms with Crippen molar-refractivity contribution in [3.8, 4) is 0 Å². The fourth-order valence-corrected chi connectivity index (χ4v) is 3.14. The molecule has 2 unspecified atom stereocenters. The van der Waals surface area contributed by atoms with Crippen molar-refractivity contribution in [1.82, 2.24) is 14.9 Å². The van der Waals surface area contributed by atoms with E-state index in [-0.39, 0.29) is 6.09 Å². The molecule has 0 aromatic carbocycles. The predicted octanol–water partition coefficient (Wildman–Crippen LogP) is 2.61. The maximum atomic E-state index is 12.2. The number of amides is 1. The molecule has 108 valence electrons. The van der Waals surface area contributed by atoms with E-state index in [0.29, 0.717) is 24.9 Å². The molecule has 2 atom stereocenters. The smallest absolute Gasteiger partial charge is 0.410 e. The lowest BCUT2D eigenvalue weighted by Crippen LogP contribution is -2.42. The number of rotatable bonds is 0. The lowest BCUT2D eigenvalue weighted by Gasteiger charge is -2.33. The Morgan fingerprint density at radius 1 is 1.35 bits per heavy atom. The highest BCUT2D eigenvalue weighted by molar-refractivity contribution is 5.69. The SMILES string of the molecule is Cc1ncc2c(n1)C1CC2CN(C(=O)OC(C)(C)C)C1. The Labute approximate surface area is 119 Å². The van der Waals surface area contributed by atoms with Crippen LogP contribution < -0.4 is 0 Å². The van der Waals surface area contributed by atoms with Crippen LogP contribution in [0.15, 0.2) is 6.20 Å². The summed E-state index contributed by atoms with van der Waals surface area (Å²) in [5.74, 6) is 1.50. The summed E-state index contributed by atoms with van der Waals surface area (Å²) in [5.41, 5.74) is 1.90. The third-order valence-electron chi connectivity index (χ3n) is 3.90.